The fraction of sp³-hybridized carbons (Fsp3) is 0.280. The van der Waals surface area contributed by atoms with Crippen molar-refractivity contribution in [3.8, 4) is 0 Å². The Labute approximate surface area is 176 Å². The molecular weight excluding hydrogens is 374 g/mol. The van der Waals surface area contributed by atoms with Crippen LogP contribution in [-0.4, -0.2) is 40.3 Å². The molecule has 146 valence electrons. The second-order valence-electron chi connectivity index (χ2n) is 7.74. The molecule has 0 atom stereocenters. The molecule has 0 saturated carbocycles. The van der Waals surface area contributed by atoms with Crippen LogP contribution < -0.4 is 0 Å². The Balaban J connectivity index is 1.13. The number of piperidine rings is 1. The number of likely N-dealkylation sites (tertiary alicyclic amines) is 1. The summed E-state index contributed by atoms with van der Waals surface area (Å²) in [5, 5.41) is 3.56. The lowest BCUT2D eigenvalue weighted by Gasteiger charge is -2.31. The number of hydrogen-bond acceptors (Lipinski definition) is 4. The molecule has 2 aromatic heterocycles. The fourth-order valence-corrected chi connectivity index (χ4v) is 5.05. The molecule has 0 bridgehead atoms. The molecule has 2 aromatic carbocycles. The number of benzene rings is 2. The molecule has 0 unspecified atom stereocenters. The lowest BCUT2D eigenvalue weighted by atomic mass is 9.92. The van der Waals surface area contributed by atoms with Crippen LogP contribution in [0.1, 0.15) is 24.5 Å². The van der Waals surface area contributed by atoms with E-state index in [0.29, 0.717) is 5.92 Å². The van der Waals surface area contributed by atoms with Crippen LogP contribution in [0, 0.1) is 0 Å². The average molecular weight is 400 g/mol. The molecule has 1 saturated heterocycles. The highest BCUT2D eigenvalue weighted by Gasteiger charge is 2.21. The van der Waals surface area contributed by atoms with Gasteiger partial charge in [-0.2, -0.15) is 0 Å². The third kappa shape index (κ3) is 4.29. The summed E-state index contributed by atoms with van der Waals surface area (Å²) in [6.45, 7) is 3.44. The van der Waals surface area contributed by atoms with Crippen molar-refractivity contribution in [1.82, 2.24) is 14.9 Å². The third-order valence-corrected chi connectivity index (χ3v) is 6.77. The molecule has 3 heterocycles. The first-order valence-corrected chi connectivity index (χ1v) is 11.4. The third-order valence-electron chi connectivity index (χ3n) is 5.86. The van der Waals surface area contributed by atoms with Gasteiger partial charge in [0, 0.05) is 34.7 Å². The van der Waals surface area contributed by atoms with Crippen LogP contribution in [0.4, 0.5) is 0 Å². The summed E-state index contributed by atoms with van der Waals surface area (Å²) < 4.78 is 0. The van der Waals surface area contributed by atoms with Crippen LogP contribution in [0.25, 0.3) is 21.8 Å². The normalized spacial score (nSPS) is 15.9. The van der Waals surface area contributed by atoms with Crippen LogP contribution in [0.15, 0.2) is 77.8 Å². The lowest BCUT2D eigenvalue weighted by molar-refractivity contribution is 0.222. The number of pyridine rings is 2. The van der Waals surface area contributed by atoms with Gasteiger partial charge in [-0.05, 0) is 50.2 Å². The number of thioether (sulfide) groups is 1. The Morgan fingerprint density at radius 2 is 1.41 bits per heavy atom. The number of hydrogen-bond donors (Lipinski definition) is 0. The van der Waals surface area contributed by atoms with E-state index in [2.05, 4.69) is 77.7 Å². The van der Waals surface area contributed by atoms with Crippen LogP contribution in [0.3, 0.4) is 0 Å². The largest absolute Gasteiger partial charge is 0.302 e. The van der Waals surface area contributed by atoms with E-state index in [1.54, 1.807) is 0 Å². The van der Waals surface area contributed by atoms with E-state index in [1.807, 2.05) is 11.8 Å². The molecule has 0 radical (unpaired) electrons. The summed E-state index contributed by atoms with van der Waals surface area (Å²) in [5.74, 6) is 1.68. The van der Waals surface area contributed by atoms with Gasteiger partial charge in [0.2, 0.25) is 0 Å². The van der Waals surface area contributed by atoms with Gasteiger partial charge in [0.15, 0.2) is 0 Å². The standard InChI is InChI=1S/C25H25N3S/c1-3-7-22-19(5-1)9-11-24(26-22)21-13-15-28(16-14-21)17-18-29-25-12-10-20-6-2-4-8-23(20)27-25/h1-12,21H,13-18H2. The van der Waals surface area contributed by atoms with Crippen molar-refractivity contribution < 1.29 is 0 Å². The van der Waals surface area contributed by atoms with Crippen LogP contribution in [0.5, 0.6) is 0 Å². The maximum absolute atomic E-state index is 4.92. The molecule has 0 spiro atoms. The van der Waals surface area contributed by atoms with E-state index in [-0.39, 0.29) is 0 Å². The summed E-state index contributed by atoms with van der Waals surface area (Å²) in [6, 6.07) is 25.5. The van der Waals surface area contributed by atoms with Crippen molar-refractivity contribution in [3.05, 3.63) is 78.5 Å². The van der Waals surface area contributed by atoms with E-state index in [9.17, 15) is 0 Å². The topological polar surface area (TPSA) is 29.0 Å². The van der Waals surface area contributed by atoms with Gasteiger partial charge in [-0.25, -0.2) is 4.98 Å². The molecule has 0 N–H and O–H groups in total. The molecule has 0 amide bonds. The van der Waals surface area contributed by atoms with E-state index < -0.39 is 0 Å². The Kier molecular flexibility index (Phi) is 5.46. The Morgan fingerprint density at radius 3 is 2.17 bits per heavy atom. The molecule has 0 aliphatic carbocycles. The Bertz CT molecular complexity index is 1120. The zero-order valence-corrected chi connectivity index (χ0v) is 17.3. The first-order chi connectivity index (χ1) is 14.3. The lowest BCUT2D eigenvalue weighted by Crippen LogP contribution is -2.34. The first-order valence-electron chi connectivity index (χ1n) is 10.4. The molecule has 1 aliphatic heterocycles. The van der Waals surface area contributed by atoms with Crippen molar-refractivity contribution in [2.45, 2.75) is 23.8 Å². The van der Waals surface area contributed by atoms with Gasteiger partial charge >= 0.3 is 0 Å². The van der Waals surface area contributed by atoms with Crippen LogP contribution >= 0.6 is 11.8 Å². The maximum atomic E-state index is 4.92. The zero-order valence-electron chi connectivity index (χ0n) is 16.5. The number of fused-ring (bicyclic) bond motifs is 2. The molecular formula is C25H25N3S. The summed E-state index contributed by atoms with van der Waals surface area (Å²) in [7, 11) is 0. The first kappa shape index (κ1) is 18.6. The minimum atomic E-state index is 0.589. The number of aromatic nitrogens is 2. The SMILES string of the molecule is c1ccc2nc(SCCN3CCC(c4ccc5ccccc5n4)CC3)ccc2c1. The van der Waals surface area contributed by atoms with Crippen molar-refractivity contribution in [3.63, 3.8) is 0 Å². The van der Waals surface area contributed by atoms with Gasteiger partial charge in [0.1, 0.15) is 0 Å². The van der Waals surface area contributed by atoms with Gasteiger partial charge < -0.3 is 4.90 Å². The highest BCUT2D eigenvalue weighted by atomic mass is 32.2. The maximum Gasteiger partial charge on any atom is 0.0968 e. The molecule has 5 rings (SSSR count). The fourth-order valence-electron chi connectivity index (χ4n) is 4.17. The number of rotatable bonds is 5. The summed E-state index contributed by atoms with van der Waals surface area (Å²) >= 11 is 1.86. The molecule has 1 fully saturated rings. The molecule has 4 aromatic rings. The predicted molar refractivity (Wildman–Crippen MR) is 123 cm³/mol. The average Bonchev–Trinajstić information content (AvgIpc) is 2.79. The van der Waals surface area contributed by atoms with E-state index >= 15 is 0 Å². The second-order valence-corrected chi connectivity index (χ2v) is 8.85. The smallest absolute Gasteiger partial charge is 0.0968 e. The van der Waals surface area contributed by atoms with E-state index in [1.165, 1.54) is 29.3 Å². The minimum Gasteiger partial charge on any atom is -0.302 e. The van der Waals surface area contributed by atoms with Gasteiger partial charge in [-0.1, -0.05) is 48.5 Å². The molecule has 4 heteroatoms. The molecule has 1 aliphatic rings. The van der Waals surface area contributed by atoms with Gasteiger partial charge in [-0.15, -0.1) is 11.8 Å². The molecule has 29 heavy (non-hydrogen) atoms. The van der Waals surface area contributed by atoms with Crippen LogP contribution in [-0.2, 0) is 0 Å². The van der Waals surface area contributed by atoms with E-state index in [0.717, 1.165) is 41.4 Å². The Hall–Kier alpha value is -2.43. The van der Waals surface area contributed by atoms with E-state index in [4.69, 9.17) is 9.97 Å². The zero-order chi connectivity index (χ0) is 19.5. The van der Waals surface area contributed by atoms with Crippen LogP contribution in [0.2, 0.25) is 0 Å². The predicted octanol–water partition coefficient (Wildman–Crippen LogP) is 5.75. The van der Waals surface area contributed by atoms with Gasteiger partial charge in [0.05, 0.1) is 16.1 Å². The number of nitrogens with zero attached hydrogens (tertiary/aromatic N) is 3. The minimum absolute atomic E-state index is 0.589. The second kappa shape index (κ2) is 8.52. The monoisotopic (exact) mass is 399 g/mol. The molecule has 3 nitrogen and oxygen atoms in total. The van der Waals surface area contributed by atoms with Gasteiger partial charge in [-0.3, -0.25) is 4.98 Å². The highest BCUT2D eigenvalue weighted by Crippen LogP contribution is 2.28. The van der Waals surface area contributed by atoms with Crippen molar-refractivity contribution in [2.75, 3.05) is 25.4 Å². The van der Waals surface area contributed by atoms with Crippen molar-refractivity contribution in [2.24, 2.45) is 0 Å². The summed E-state index contributed by atoms with van der Waals surface area (Å²) in [4.78, 5) is 12.3. The quantitative estimate of drug-likeness (QED) is 0.399. The number of para-hydroxylation sites is 2. The van der Waals surface area contributed by atoms with Crippen molar-refractivity contribution in [1.29, 1.82) is 0 Å². The van der Waals surface area contributed by atoms with Gasteiger partial charge in [0.25, 0.3) is 0 Å². The highest BCUT2D eigenvalue weighted by molar-refractivity contribution is 7.99. The summed E-state index contributed by atoms with van der Waals surface area (Å²) in [6.07, 6.45) is 2.40. The van der Waals surface area contributed by atoms with Crippen molar-refractivity contribution >= 4 is 33.6 Å². The Morgan fingerprint density at radius 1 is 0.759 bits per heavy atom. The summed E-state index contributed by atoms with van der Waals surface area (Å²) in [5.41, 5.74) is 3.46.